The highest BCUT2D eigenvalue weighted by molar-refractivity contribution is 5.75. The maximum absolute atomic E-state index is 6.50. The molecule has 0 aromatic heterocycles. The summed E-state index contributed by atoms with van der Waals surface area (Å²) in [5.74, 6) is 0.967. The van der Waals surface area contributed by atoms with Crippen molar-refractivity contribution >= 4 is 0 Å². The molecule has 0 aliphatic carbocycles. The summed E-state index contributed by atoms with van der Waals surface area (Å²) in [6, 6.07) is 16.9. The SMILES string of the molecule is CC(C)(C)N(C1Oc2ccccc2-c2ccccc21)C(C)(C)C. The Hall–Kier alpha value is -1.80. The van der Waals surface area contributed by atoms with Gasteiger partial charge in [0, 0.05) is 22.2 Å². The number of hydrogen-bond donors (Lipinski definition) is 0. The van der Waals surface area contributed by atoms with Gasteiger partial charge in [-0.15, -0.1) is 0 Å². The van der Waals surface area contributed by atoms with Crippen LogP contribution in [0, 0.1) is 0 Å². The lowest BCUT2D eigenvalue weighted by Crippen LogP contribution is -2.55. The van der Waals surface area contributed by atoms with Crippen LogP contribution in [0.25, 0.3) is 11.1 Å². The molecule has 0 N–H and O–H groups in total. The first kappa shape index (κ1) is 16.1. The zero-order valence-electron chi connectivity index (χ0n) is 15.1. The molecule has 1 heterocycles. The summed E-state index contributed by atoms with van der Waals surface area (Å²) in [4.78, 5) is 2.47. The quantitative estimate of drug-likeness (QED) is 0.675. The van der Waals surface area contributed by atoms with Gasteiger partial charge < -0.3 is 4.74 Å². The Bertz CT molecular complexity index is 692. The summed E-state index contributed by atoms with van der Waals surface area (Å²) in [5.41, 5.74) is 3.68. The summed E-state index contributed by atoms with van der Waals surface area (Å²) in [6.45, 7) is 13.5. The van der Waals surface area contributed by atoms with Gasteiger partial charge in [-0.1, -0.05) is 42.5 Å². The van der Waals surface area contributed by atoms with Gasteiger partial charge in [0.05, 0.1) is 0 Å². The van der Waals surface area contributed by atoms with Crippen LogP contribution >= 0.6 is 0 Å². The molecule has 0 saturated carbocycles. The molecule has 122 valence electrons. The number of fused-ring (bicyclic) bond motifs is 3. The molecule has 0 fully saturated rings. The average Bonchev–Trinajstić information content (AvgIpc) is 2.44. The predicted octanol–water partition coefficient (Wildman–Crippen LogP) is 5.64. The topological polar surface area (TPSA) is 12.5 Å². The van der Waals surface area contributed by atoms with Gasteiger partial charge >= 0.3 is 0 Å². The van der Waals surface area contributed by atoms with Gasteiger partial charge in [-0.2, -0.15) is 0 Å². The number of benzene rings is 2. The first-order valence-corrected chi connectivity index (χ1v) is 8.34. The molecule has 0 bridgehead atoms. The van der Waals surface area contributed by atoms with Crippen LogP contribution < -0.4 is 4.74 Å². The van der Waals surface area contributed by atoms with Crippen molar-refractivity contribution in [3.05, 3.63) is 54.1 Å². The van der Waals surface area contributed by atoms with Crippen LogP contribution in [-0.4, -0.2) is 16.0 Å². The van der Waals surface area contributed by atoms with Crippen LogP contribution in [0.15, 0.2) is 48.5 Å². The Balaban J connectivity index is 2.19. The second-order valence-corrected chi connectivity index (χ2v) is 8.27. The standard InChI is InChI=1S/C21H27NO/c1-20(2,3)22(21(4,5)6)19-17-13-8-7-11-15(17)16-12-9-10-14-18(16)23-19/h7-14,19H,1-6H3. The van der Waals surface area contributed by atoms with Crippen LogP contribution in [0.5, 0.6) is 5.75 Å². The van der Waals surface area contributed by atoms with Crippen molar-refractivity contribution in [3.63, 3.8) is 0 Å². The minimum absolute atomic E-state index is 0.0116. The Morgan fingerprint density at radius 3 is 1.87 bits per heavy atom. The minimum Gasteiger partial charge on any atom is -0.470 e. The van der Waals surface area contributed by atoms with E-state index >= 15 is 0 Å². The third-order valence-corrected chi connectivity index (χ3v) is 4.32. The van der Waals surface area contributed by atoms with E-state index in [2.05, 4.69) is 88.9 Å². The largest absolute Gasteiger partial charge is 0.470 e. The fourth-order valence-electron chi connectivity index (χ4n) is 3.83. The van der Waals surface area contributed by atoms with E-state index in [0.29, 0.717) is 0 Å². The summed E-state index contributed by atoms with van der Waals surface area (Å²) in [7, 11) is 0. The first-order valence-electron chi connectivity index (χ1n) is 8.34. The highest BCUT2D eigenvalue weighted by Gasteiger charge is 2.41. The zero-order valence-corrected chi connectivity index (χ0v) is 15.1. The van der Waals surface area contributed by atoms with E-state index in [1.54, 1.807) is 0 Å². The molecule has 1 unspecified atom stereocenters. The molecule has 0 spiro atoms. The molecule has 2 aromatic rings. The van der Waals surface area contributed by atoms with Crippen molar-refractivity contribution in [2.45, 2.75) is 58.8 Å². The highest BCUT2D eigenvalue weighted by atomic mass is 16.5. The van der Waals surface area contributed by atoms with Gasteiger partial charge in [0.2, 0.25) is 0 Å². The number of rotatable bonds is 1. The number of ether oxygens (including phenoxy) is 1. The monoisotopic (exact) mass is 309 g/mol. The molecule has 1 aliphatic rings. The van der Waals surface area contributed by atoms with Gasteiger partial charge in [0.1, 0.15) is 5.75 Å². The summed E-state index contributed by atoms with van der Waals surface area (Å²) in [6.07, 6.45) is -0.0823. The Labute approximate surface area is 140 Å². The van der Waals surface area contributed by atoms with Crippen molar-refractivity contribution in [2.75, 3.05) is 0 Å². The van der Waals surface area contributed by atoms with Crippen molar-refractivity contribution in [1.29, 1.82) is 0 Å². The minimum atomic E-state index is -0.0823. The van der Waals surface area contributed by atoms with Crippen molar-refractivity contribution in [3.8, 4) is 16.9 Å². The molecule has 1 aliphatic heterocycles. The molecule has 2 nitrogen and oxygen atoms in total. The normalized spacial score (nSPS) is 17.4. The smallest absolute Gasteiger partial charge is 0.180 e. The Morgan fingerprint density at radius 2 is 1.26 bits per heavy atom. The van der Waals surface area contributed by atoms with E-state index in [1.165, 1.54) is 16.7 Å². The van der Waals surface area contributed by atoms with Crippen LogP contribution in [0.2, 0.25) is 0 Å². The van der Waals surface area contributed by atoms with Crippen LogP contribution in [0.1, 0.15) is 53.3 Å². The zero-order chi connectivity index (χ0) is 16.8. The van der Waals surface area contributed by atoms with E-state index in [0.717, 1.165) is 5.75 Å². The lowest BCUT2D eigenvalue weighted by molar-refractivity contribution is -0.0940. The fraction of sp³-hybridized carbons (Fsp3) is 0.429. The van der Waals surface area contributed by atoms with Crippen molar-refractivity contribution in [1.82, 2.24) is 4.90 Å². The lowest BCUT2D eigenvalue weighted by atomic mass is 9.89. The van der Waals surface area contributed by atoms with E-state index in [1.807, 2.05) is 6.07 Å². The number of hydrogen-bond acceptors (Lipinski definition) is 2. The van der Waals surface area contributed by atoms with Gasteiger partial charge in [0.15, 0.2) is 6.23 Å². The third-order valence-electron chi connectivity index (χ3n) is 4.32. The van der Waals surface area contributed by atoms with Crippen LogP contribution in [0.3, 0.4) is 0 Å². The molecule has 0 radical (unpaired) electrons. The average molecular weight is 309 g/mol. The number of nitrogens with zero attached hydrogens (tertiary/aromatic N) is 1. The van der Waals surface area contributed by atoms with E-state index in [4.69, 9.17) is 4.74 Å². The summed E-state index contributed by atoms with van der Waals surface area (Å²) in [5, 5.41) is 0. The molecular formula is C21H27NO. The predicted molar refractivity (Wildman–Crippen MR) is 96.6 cm³/mol. The Morgan fingerprint density at radius 1 is 0.739 bits per heavy atom. The number of para-hydroxylation sites is 1. The molecule has 23 heavy (non-hydrogen) atoms. The van der Waals surface area contributed by atoms with Crippen LogP contribution in [0.4, 0.5) is 0 Å². The van der Waals surface area contributed by atoms with E-state index in [9.17, 15) is 0 Å². The summed E-state index contributed by atoms with van der Waals surface area (Å²) >= 11 is 0. The highest BCUT2D eigenvalue weighted by Crippen LogP contribution is 2.46. The maximum atomic E-state index is 6.50. The Kier molecular flexibility index (Phi) is 3.76. The van der Waals surface area contributed by atoms with Gasteiger partial charge in [0.25, 0.3) is 0 Å². The third kappa shape index (κ3) is 2.88. The molecular weight excluding hydrogens is 282 g/mol. The van der Waals surface area contributed by atoms with E-state index in [-0.39, 0.29) is 17.3 Å². The molecule has 0 saturated heterocycles. The van der Waals surface area contributed by atoms with Crippen molar-refractivity contribution in [2.24, 2.45) is 0 Å². The maximum Gasteiger partial charge on any atom is 0.180 e. The molecule has 1 atom stereocenters. The van der Waals surface area contributed by atoms with E-state index < -0.39 is 0 Å². The van der Waals surface area contributed by atoms with Gasteiger partial charge in [-0.05, 0) is 53.2 Å². The lowest BCUT2D eigenvalue weighted by Gasteiger charge is -2.50. The molecule has 3 rings (SSSR count). The second-order valence-electron chi connectivity index (χ2n) is 8.27. The first-order chi connectivity index (χ1) is 10.7. The molecule has 0 amide bonds. The molecule has 2 heteroatoms. The fourth-order valence-corrected chi connectivity index (χ4v) is 3.83. The molecule has 2 aromatic carbocycles. The summed E-state index contributed by atoms with van der Waals surface area (Å²) < 4.78 is 6.50. The van der Waals surface area contributed by atoms with Gasteiger partial charge in [-0.25, -0.2) is 0 Å². The van der Waals surface area contributed by atoms with Gasteiger partial charge in [-0.3, -0.25) is 4.90 Å². The van der Waals surface area contributed by atoms with Crippen molar-refractivity contribution < 1.29 is 4.74 Å². The van der Waals surface area contributed by atoms with Crippen LogP contribution in [-0.2, 0) is 0 Å². The second kappa shape index (κ2) is 5.38.